The second kappa shape index (κ2) is 7.87. The number of hydrogen-bond donors (Lipinski definition) is 0. The van der Waals surface area contributed by atoms with Crippen LogP contribution >= 0.6 is 0 Å². The van der Waals surface area contributed by atoms with Gasteiger partial charge in [-0.3, -0.25) is 4.98 Å². The normalized spacial score (nSPS) is 17.1. The molecule has 1 atom stereocenters. The van der Waals surface area contributed by atoms with Gasteiger partial charge in [0.15, 0.2) is 0 Å². The predicted molar refractivity (Wildman–Crippen MR) is 109 cm³/mol. The molecule has 1 aliphatic heterocycles. The molecule has 0 aliphatic carbocycles. The summed E-state index contributed by atoms with van der Waals surface area (Å²) in [6.07, 6.45) is 5.29. The molecule has 138 valence electrons. The minimum absolute atomic E-state index is 0.439. The molecule has 0 spiro atoms. The average molecular weight is 358 g/mol. The summed E-state index contributed by atoms with van der Waals surface area (Å²) in [4.78, 5) is 16.4. The number of pyridine rings is 1. The van der Waals surface area contributed by atoms with E-state index in [2.05, 4.69) is 57.3 Å². The van der Waals surface area contributed by atoms with Gasteiger partial charge in [-0.15, -0.1) is 0 Å². The third kappa shape index (κ3) is 4.33. The number of aryl methyl sites for hydroxylation is 2. The second-order valence-corrected chi connectivity index (χ2v) is 7.49. The Morgan fingerprint density at radius 2 is 1.74 bits per heavy atom. The van der Waals surface area contributed by atoms with Crippen LogP contribution in [-0.4, -0.2) is 28.0 Å². The summed E-state index contributed by atoms with van der Waals surface area (Å²) in [5, 5.41) is 0. The van der Waals surface area contributed by atoms with Gasteiger partial charge in [-0.05, 0) is 56.4 Å². The highest BCUT2D eigenvalue weighted by molar-refractivity contribution is 5.35. The second-order valence-electron chi connectivity index (χ2n) is 7.49. The molecule has 0 saturated carbocycles. The topological polar surface area (TPSA) is 41.9 Å². The van der Waals surface area contributed by atoms with E-state index in [4.69, 9.17) is 4.98 Å². The number of piperidine rings is 1. The van der Waals surface area contributed by atoms with Crippen LogP contribution in [-0.2, 0) is 6.42 Å². The largest absolute Gasteiger partial charge is 0.340 e. The summed E-state index contributed by atoms with van der Waals surface area (Å²) in [6, 6.07) is 17.0. The van der Waals surface area contributed by atoms with Gasteiger partial charge in [0, 0.05) is 42.3 Å². The van der Waals surface area contributed by atoms with E-state index in [9.17, 15) is 0 Å². The first-order chi connectivity index (χ1) is 13.2. The van der Waals surface area contributed by atoms with Crippen LogP contribution in [0.1, 0.15) is 47.0 Å². The molecule has 3 heterocycles. The standard InChI is InChI=1S/C23H26N4/c1-17-13-18(2)26-23(25-17)27-12-6-9-21(16-27)22-11-10-20(15-24-22)14-19-7-4-3-5-8-19/h3-5,7-8,10-11,13,15,21H,6,9,12,14,16H2,1-2H3. The fraction of sp³-hybridized carbons (Fsp3) is 0.348. The molecule has 4 heteroatoms. The van der Waals surface area contributed by atoms with Crippen molar-refractivity contribution in [3.63, 3.8) is 0 Å². The minimum Gasteiger partial charge on any atom is -0.340 e. The van der Waals surface area contributed by atoms with Gasteiger partial charge in [0.25, 0.3) is 0 Å². The van der Waals surface area contributed by atoms with Crippen molar-refractivity contribution >= 4 is 5.95 Å². The van der Waals surface area contributed by atoms with Crippen LogP contribution in [0.25, 0.3) is 0 Å². The SMILES string of the molecule is Cc1cc(C)nc(N2CCCC(c3ccc(Cc4ccccc4)cn3)C2)n1. The van der Waals surface area contributed by atoms with Crippen LogP contribution in [0.3, 0.4) is 0 Å². The van der Waals surface area contributed by atoms with Gasteiger partial charge in [-0.2, -0.15) is 0 Å². The lowest BCUT2D eigenvalue weighted by Crippen LogP contribution is -2.36. The Morgan fingerprint density at radius 3 is 2.44 bits per heavy atom. The van der Waals surface area contributed by atoms with E-state index < -0.39 is 0 Å². The van der Waals surface area contributed by atoms with Gasteiger partial charge in [0.1, 0.15) is 0 Å². The number of benzene rings is 1. The molecule has 0 amide bonds. The van der Waals surface area contributed by atoms with Crippen LogP contribution in [0, 0.1) is 13.8 Å². The number of hydrogen-bond acceptors (Lipinski definition) is 4. The van der Waals surface area contributed by atoms with E-state index in [1.807, 2.05) is 26.1 Å². The van der Waals surface area contributed by atoms with Crippen molar-refractivity contribution in [3.8, 4) is 0 Å². The van der Waals surface area contributed by atoms with Crippen molar-refractivity contribution in [2.24, 2.45) is 0 Å². The summed E-state index contributed by atoms with van der Waals surface area (Å²) in [5.74, 6) is 1.30. The van der Waals surface area contributed by atoms with Crippen molar-refractivity contribution in [2.45, 2.75) is 39.0 Å². The number of aromatic nitrogens is 3. The molecule has 3 aromatic rings. The Labute approximate surface area is 161 Å². The Morgan fingerprint density at radius 1 is 0.963 bits per heavy atom. The van der Waals surface area contributed by atoms with Crippen LogP contribution in [0.5, 0.6) is 0 Å². The zero-order chi connectivity index (χ0) is 18.6. The van der Waals surface area contributed by atoms with Gasteiger partial charge in [0.2, 0.25) is 5.95 Å². The molecule has 2 aromatic heterocycles. The first-order valence-corrected chi connectivity index (χ1v) is 9.73. The highest BCUT2D eigenvalue weighted by Crippen LogP contribution is 2.28. The first kappa shape index (κ1) is 17.7. The monoisotopic (exact) mass is 358 g/mol. The van der Waals surface area contributed by atoms with Gasteiger partial charge in [0.05, 0.1) is 0 Å². The predicted octanol–water partition coefficient (Wildman–Crippen LogP) is 4.46. The van der Waals surface area contributed by atoms with Gasteiger partial charge in [-0.25, -0.2) is 9.97 Å². The maximum absolute atomic E-state index is 4.79. The minimum atomic E-state index is 0.439. The van der Waals surface area contributed by atoms with E-state index in [1.54, 1.807) is 0 Å². The molecule has 1 aromatic carbocycles. The molecule has 0 bridgehead atoms. The zero-order valence-electron chi connectivity index (χ0n) is 16.1. The molecule has 4 rings (SSSR count). The fourth-order valence-electron chi connectivity index (χ4n) is 3.86. The van der Waals surface area contributed by atoms with Gasteiger partial charge < -0.3 is 4.90 Å². The van der Waals surface area contributed by atoms with Crippen LogP contribution in [0.2, 0.25) is 0 Å². The smallest absolute Gasteiger partial charge is 0.225 e. The van der Waals surface area contributed by atoms with Gasteiger partial charge >= 0.3 is 0 Å². The van der Waals surface area contributed by atoms with Crippen molar-refractivity contribution in [2.75, 3.05) is 18.0 Å². The lowest BCUT2D eigenvalue weighted by atomic mass is 9.94. The van der Waals surface area contributed by atoms with E-state index in [0.717, 1.165) is 43.3 Å². The maximum Gasteiger partial charge on any atom is 0.225 e. The molecule has 1 unspecified atom stereocenters. The summed E-state index contributed by atoms with van der Waals surface area (Å²) in [6.45, 7) is 6.03. The Hall–Kier alpha value is -2.75. The summed E-state index contributed by atoms with van der Waals surface area (Å²) in [5.41, 5.74) is 5.82. The van der Waals surface area contributed by atoms with Crippen molar-refractivity contribution in [1.29, 1.82) is 0 Å². The Bertz CT molecular complexity index is 870. The Balaban J connectivity index is 1.46. The van der Waals surface area contributed by atoms with E-state index >= 15 is 0 Å². The van der Waals surface area contributed by atoms with Crippen molar-refractivity contribution < 1.29 is 0 Å². The van der Waals surface area contributed by atoms with E-state index in [-0.39, 0.29) is 0 Å². The molecule has 4 nitrogen and oxygen atoms in total. The quantitative estimate of drug-likeness (QED) is 0.690. The molecule has 1 aliphatic rings. The number of rotatable bonds is 4. The Kier molecular flexibility index (Phi) is 5.14. The van der Waals surface area contributed by atoms with Gasteiger partial charge in [-0.1, -0.05) is 36.4 Å². The third-order valence-corrected chi connectivity index (χ3v) is 5.19. The number of anilines is 1. The highest BCUT2D eigenvalue weighted by Gasteiger charge is 2.24. The average Bonchev–Trinajstić information content (AvgIpc) is 2.69. The zero-order valence-corrected chi connectivity index (χ0v) is 16.1. The van der Waals surface area contributed by atoms with E-state index in [1.165, 1.54) is 23.2 Å². The molecule has 0 N–H and O–H groups in total. The summed E-state index contributed by atoms with van der Waals surface area (Å²) in [7, 11) is 0. The van der Waals surface area contributed by atoms with Crippen LogP contribution in [0.4, 0.5) is 5.95 Å². The molecule has 27 heavy (non-hydrogen) atoms. The van der Waals surface area contributed by atoms with Crippen LogP contribution < -0.4 is 4.90 Å². The summed E-state index contributed by atoms with van der Waals surface area (Å²) < 4.78 is 0. The lowest BCUT2D eigenvalue weighted by molar-refractivity contribution is 0.494. The third-order valence-electron chi connectivity index (χ3n) is 5.19. The van der Waals surface area contributed by atoms with Crippen molar-refractivity contribution in [3.05, 3.63) is 82.9 Å². The first-order valence-electron chi connectivity index (χ1n) is 9.73. The molecule has 1 saturated heterocycles. The molecule has 1 fully saturated rings. The number of nitrogens with zero attached hydrogens (tertiary/aromatic N) is 4. The molecule has 0 radical (unpaired) electrons. The fourth-order valence-corrected chi connectivity index (χ4v) is 3.86. The summed E-state index contributed by atoms with van der Waals surface area (Å²) >= 11 is 0. The van der Waals surface area contributed by atoms with Crippen molar-refractivity contribution in [1.82, 2.24) is 15.0 Å². The highest BCUT2D eigenvalue weighted by atomic mass is 15.3. The molecular formula is C23H26N4. The lowest BCUT2D eigenvalue weighted by Gasteiger charge is -2.32. The van der Waals surface area contributed by atoms with E-state index in [0.29, 0.717) is 5.92 Å². The maximum atomic E-state index is 4.79. The molecular weight excluding hydrogens is 332 g/mol. The van der Waals surface area contributed by atoms with Crippen LogP contribution in [0.15, 0.2) is 54.7 Å².